The van der Waals surface area contributed by atoms with Crippen LogP contribution in [-0.2, 0) is 6.54 Å². The Morgan fingerprint density at radius 3 is 2.63 bits per heavy atom. The molecule has 9 nitrogen and oxygen atoms in total. The quantitative estimate of drug-likeness (QED) is 0.644. The Morgan fingerprint density at radius 1 is 1.04 bits per heavy atom. The van der Waals surface area contributed by atoms with Gasteiger partial charge in [0.1, 0.15) is 5.82 Å². The number of rotatable bonds is 5. The maximum atomic E-state index is 12.1. The van der Waals surface area contributed by atoms with Crippen LogP contribution >= 0.6 is 0 Å². The summed E-state index contributed by atoms with van der Waals surface area (Å²) in [5.41, 5.74) is 0.831. The van der Waals surface area contributed by atoms with Crippen molar-refractivity contribution in [2.45, 2.75) is 13.5 Å². The molecular weight excluding hydrogens is 344 g/mol. The molecule has 1 fully saturated rings. The zero-order valence-electron chi connectivity index (χ0n) is 15.3. The van der Waals surface area contributed by atoms with E-state index in [0.717, 1.165) is 44.2 Å². The van der Waals surface area contributed by atoms with Crippen molar-refractivity contribution in [3.05, 3.63) is 59.0 Å². The molecule has 4 heterocycles. The van der Waals surface area contributed by atoms with Gasteiger partial charge in [-0.3, -0.25) is 14.7 Å². The number of piperazine rings is 1. The fourth-order valence-corrected chi connectivity index (χ4v) is 3.16. The van der Waals surface area contributed by atoms with Crippen LogP contribution in [0.25, 0.3) is 5.82 Å². The molecule has 27 heavy (non-hydrogen) atoms. The minimum absolute atomic E-state index is 0.0976. The van der Waals surface area contributed by atoms with Gasteiger partial charge in [-0.2, -0.15) is 5.10 Å². The lowest BCUT2D eigenvalue weighted by atomic mass is 10.3. The van der Waals surface area contributed by atoms with E-state index in [2.05, 4.69) is 30.0 Å². The predicted octanol–water partition coefficient (Wildman–Crippen LogP) is 0.350. The van der Waals surface area contributed by atoms with E-state index in [-0.39, 0.29) is 5.56 Å². The summed E-state index contributed by atoms with van der Waals surface area (Å²) >= 11 is 0. The third-order valence-electron chi connectivity index (χ3n) is 4.66. The summed E-state index contributed by atoms with van der Waals surface area (Å²) in [5, 5.41) is 8.58. The highest BCUT2D eigenvalue weighted by atomic mass is 16.1. The summed E-state index contributed by atoms with van der Waals surface area (Å²) in [5.74, 6) is 1.57. The lowest BCUT2D eigenvalue weighted by Gasteiger charge is -2.35. The molecule has 0 atom stereocenters. The normalized spacial score (nSPS) is 15.2. The number of aromatic nitrogens is 6. The van der Waals surface area contributed by atoms with Crippen molar-refractivity contribution in [3.8, 4) is 5.82 Å². The van der Waals surface area contributed by atoms with Gasteiger partial charge in [-0.15, -0.1) is 5.10 Å². The van der Waals surface area contributed by atoms with Crippen molar-refractivity contribution in [1.82, 2.24) is 34.4 Å². The monoisotopic (exact) mass is 366 g/mol. The minimum atomic E-state index is -0.0976. The number of hydrogen-bond acceptors (Lipinski definition) is 7. The zero-order chi connectivity index (χ0) is 18.6. The van der Waals surface area contributed by atoms with Crippen molar-refractivity contribution in [2.24, 2.45) is 0 Å². The molecule has 0 radical (unpaired) electrons. The summed E-state index contributed by atoms with van der Waals surface area (Å²) in [6.07, 6.45) is 7.08. The molecule has 140 valence electrons. The third-order valence-corrected chi connectivity index (χ3v) is 4.66. The molecule has 9 heteroatoms. The first-order chi connectivity index (χ1) is 13.2. The van der Waals surface area contributed by atoms with Crippen molar-refractivity contribution in [3.63, 3.8) is 0 Å². The van der Waals surface area contributed by atoms with Gasteiger partial charge in [0.05, 0.1) is 18.4 Å². The summed E-state index contributed by atoms with van der Waals surface area (Å²) in [4.78, 5) is 25.5. The van der Waals surface area contributed by atoms with Gasteiger partial charge >= 0.3 is 0 Å². The Kier molecular flexibility index (Phi) is 4.93. The van der Waals surface area contributed by atoms with Crippen LogP contribution < -0.4 is 10.5 Å². The molecule has 0 amide bonds. The highest BCUT2D eigenvalue weighted by molar-refractivity contribution is 5.36. The first kappa shape index (κ1) is 17.3. The smallest absolute Gasteiger partial charge is 0.266 e. The Morgan fingerprint density at radius 2 is 1.89 bits per heavy atom. The van der Waals surface area contributed by atoms with Crippen LogP contribution in [0.4, 0.5) is 5.82 Å². The Bertz CT molecular complexity index is 944. The Labute approximate surface area is 156 Å². The standard InChI is InChI=1S/C18H22N8O/c1-15-13-19-14-17(21-15)24-10-7-23(8-11-24)9-12-26-18(27)4-3-16(22-26)25-6-2-5-20-25/h2-6,13-14H,7-12H2,1H3. The fourth-order valence-electron chi connectivity index (χ4n) is 3.16. The molecule has 0 saturated carbocycles. The molecule has 3 aromatic heterocycles. The van der Waals surface area contributed by atoms with E-state index in [1.54, 1.807) is 29.2 Å². The molecule has 0 bridgehead atoms. The molecule has 3 aromatic rings. The third kappa shape index (κ3) is 4.03. The topological polar surface area (TPSA) is 85.0 Å². The van der Waals surface area contributed by atoms with Crippen molar-refractivity contribution in [2.75, 3.05) is 37.6 Å². The fraction of sp³-hybridized carbons (Fsp3) is 0.389. The van der Waals surface area contributed by atoms with E-state index >= 15 is 0 Å². The van der Waals surface area contributed by atoms with Gasteiger partial charge in [0.25, 0.3) is 5.56 Å². The van der Waals surface area contributed by atoms with E-state index < -0.39 is 0 Å². The predicted molar refractivity (Wildman–Crippen MR) is 101 cm³/mol. The van der Waals surface area contributed by atoms with Crippen LogP contribution in [0, 0.1) is 6.92 Å². The van der Waals surface area contributed by atoms with Crippen LogP contribution in [0.2, 0.25) is 0 Å². The van der Waals surface area contributed by atoms with Gasteiger partial charge in [0.15, 0.2) is 5.82 Å². The molecule has 4 rings (SSSR count). The summed E-state index contributed by atoms with van der Waals surface area (Å²) in [7, 11) is 0. The van der Waals surface area contributed by atoms with E-state index in [1.807, 2.05) is 25.4 Å². The molecule has 0 unspecified atom stereocenters. The highest BCUT2D eigenvalue weighted by Crippen LogP contribution is 2.12. The SMILES string of the molecule is Cc1cncc(N2CCN(CCn3nc(-n4cccn4)ccc3=O)CC2)n1. The minimum Gasteiger partial charge on any atom is -0.353 e. The van der Waals surface area contributed by atoms with Crippen LogP contribution in [0.5, 0.6) is 0 Å². The number of anilines is 1. The lowest BCUT2D eigenvalue weighted by molar-refractivity contribution is 0.242. The molecule has 0 N–H and O–H groups in total. The van der Waals surface area contributed by atoms with Crippen molar-refractivity contribution in [1.29, 1.82) is 0 Å². The van der Waals surface area contributed by atoms with Gasteiger partial charge in [0, 0.05) is 57.4 Å². The second kappa shape index (κ2) is 7.67. The van der Waals surface area contributed by atoms with Crippen LogP contribution in [0.15, 0.2) is 47.8 Å². The molecule has 0 aliphatic carbocycles. The van der Waals surface area contributed by atoms with E-state index in [4.69, 9.17) is 0 Å². The molecule has 1 saturated heterocycles. The summed E-state index contributed by atoms with van der Waals surface area (Å²) in [6.45, 7) is 6.92. The van der Waals surface area contributed by atoms with Gasteiger partial charge in [0.2, 0.25) is 0 Å². The zero-order valence-corrected chi connectivity index (χ0v) is 15.3. The Balaban J connectivity index is 1.35. The number of hydrogen-bond donors (Lipinski definition) is 0. The van der Waals surface area contributed by atoms with E-state index in [9.17, 15) is 4.79 Å². The van der Waals surface area contributed by atoms with Gasteiger partial charge < -0.3 is 4.90 Å². The van der Waals surface area contributed by atoms with Crippen molar-refractivity contribution >= 4 is 5.82 Å². The van der Waals surface area contributed by atoms with E-state index in [1.165, 1.54) is 4.68 Å². The number of aryl methyl sites for hydroxylation is 1. The first-order valence-corrected chi connectivity index (χ1v) is 9.03. The van der Waals surface area contributed by atoms with Crippen LogP contribution in [-0.4, -0.2) is 67.2 Å². The van der Waals surface area contributed by atoms with Crippen LogP contribution in [0.1, 0.15) is 5.69 Å². The first-order valence-electron chi connectivity index (χ1n) is 9.03. The molecule has 0 aromatic carbocycles. The Hall–Kier alpha value is -3.07. The number of nitrogens with zero attached hydrogens (tertiary/aromatic N) is 8. The molecule has 1 aliphatic rings. The average molecular weight is 366 g/mol. The maximum absolute atomic E-state index is 12.1. The summed E-state index contributed by atoms with van der Waals surface area (Å²) in [6, 6.07) is 5.06. The molecular formula is C18H22N8O. The second-order valence-electron chi connectivity index (χ2n) is 6.55. The van der Waals surface area contributed by atoms with Gasteiger partial charge in [-0.1, -0.05) is 0 Å². The second-order valence-corrected chi connectivity index (χ2v) is 6.55. The average Bonchev–Trinajstić information content (AvgIpc) is 3.23. The van der Waals surface area contributed by atoms with E-state index in [0.29, 0.717) is 12.4 Å². The van der Waals surface area contributed by atoms with Gasteiger partial charge in [-0.25, -0.2) is 14.3 Å². The van der Waals surface area contributed by atoms with Crippen LogP contribution in [0.3, 0.4) is 0 Å². The molecule has 1 aliphatic heterocycles. The summed E-state index contributed by atoms with van der Waals surface area (Å²) < 4.78 is 3.16. The highest BCUT2D eigenvalue weighted by Gasteiger charge is 2.18. The lowest BCUT2D eigenvalue weighted by Crippen LogP contribution is -2.48. The molecule has 0 spiro atoms. The van der Waals surface area contributed by atoms with Gasteiger partial charge in [-0.05, 0) is 19.1 Å². The largest absolute Gasteiger partial charge is 0.353 e. The maximum Gasteiger partial charge on any atom is 0.266 e. The van der Waals surface area contributed by atoms with Crippen molar-refractivity contribution < 1.29 is 0 Å².